The van der Waals surface area contributed by atoms with Crippen LogP contribution in [-0.2, 0) is 6.42 Å². The van der Waals surface area contributed by atoms with E-state index in [0.717, 1.165) is 10.0 Å². The first kappa shape index (κ1) is 15.5. The van der Waals surface area contributed by atoms with Crippen LogP contribution < -0.4 is 5.32 Å². The third-order valence-corrected chi connectivity index (χ3v) is 4.60. The van der Waals surface area contributed by atoms with E-state index >= 15 is 0 Å². The fourth-order valence-electron chi connectivity index (χ4n) is 2.24. The van der Waals surface area contributed by atoms with Crippen molar-refractivity contribution in [2.45, 2.75) is 17.4 Å². The topological polar surface area (TPSA) is 12.0 Å². The molecule has 0 heterocycles. The van der Waals surface area contributed by atoms with E-state index in [4.69, 9.17) is 0 Å². The number of hydrogen-bond acceptors (Lipinski definition) is 2. The summed E-state index contributed by atoms with van der Waals surface area (Å²) in [5, 5.41) is 3.29. The molecule has 0 fully saturated rings. The van der Waals surface area contributed by atoms with E-state index in [1.165, 1.54) is 16.5 Å². The zero-order valence-corrected chi connectivity index (χ0v) is 13.9. The van der Waals surface area contributed by atoms with Gasteiger partial charge in [-0.05, 0) is 55.1 Å². The van der Waals surface area contributed by atoms with Crippen LogP contribution >= 0.6 is 27.7 Å². The lowest BCUT2D eigenvalue weighted by Gasteiger charge is -2.20. The van der Waals surface area contributed by atoms with E-state index in [2.05, 4.69) is 39.6 Å². The Kier molecular flexibility index (Phi) is 5.64. The first-order valence-corrected chi connectivity index (χ1v) is 8.41. The molecule has 0 radical (unpaired) electrons. The number of benzene rings is 2. The first-order chi connectivity index (χ1) is 9.65. The molecular formula is C16H17BrFNS. The predicted molar refractivity (Wildman–Crippen MR) is 87.8 cm³/mol. The molecule has 0 aromatic heterocycles. The standard InChI is InChI=1S/C16H17BrFNS/c1-19-15(13-5-3-4-6-16(13)20-2)10-11-9-12(17)7-8-14(11)18/h3-9,15,19H,10H2,1-2H3. The van der Waals surface area contributed by atoms with Crippen molar-refractivity contribution in [1.82, 2.24) is 5.32 Å². The minimum absolute atomic E-state index is 0.0995. The molecule has 4 heteroatoms. The summed E-state index contributed by atoms with van der Waals surface area (Å²) in [7, 11) is 1.91. The number of likely N-dealkylation sites (N-methyl/N-ethyl adjacent to an activating group) is 1. The lowest BCUT2D eigenvalue weighted by molar-refractivity contribution is 0.549. The van der Waals surface area contributed by atoms with Crippen LogP contribution in [0.5, 0.6) is 0 Å². The van der Waals surface area contributed by atoms with E-state index in [9.17, 15) is 4.39 Å². The van der Waals surface area contributed by atoms with E-state index in [0.29, 0.717) is 6.42 Å². The van der Waals surface area contributed by atoms with Crippen LogP contribution in [0, 0.1) is 5.82 Å². The van der Waals surface area contributed by atoms with Gasteiger partial charge in [-0.2, -0.15) is 0 Å². The smallest absolute Gasteiger partial charge is 0.126 e. The molecule has 2 aromatic carbocycles. The average Bonchev–Trinajstić information content (AvgIpc) is 2.48. The molecule has 0 aliphatic carbocycles. The SMILES string of the molecule is CNC(Cc1cc(Br)ccc1F)c1ccccc1SC. The van der Waals surface area contributed by atoms with E-state index in [-0.39, 0.29) is 11.9 Å². The van der Waals surface area contributed by atoms with Crippen LogP contribution in [-0.4, -0.2) is 13.3 Å². The summed E-state index contributed by atoms with van der Waals surface area (Å²) in [6.07, 6.45) is 2.69. The average molecular weight is 354 g/mol. The summed E-state index contributed by atoms with van der Waals surface area (Å²) >= 11 is 5.12. The van der Waals surface area contributed by atoms with Gasteiger partial charge in [0.15, 0.2) is 0 Å². The monoisotopic (exact) mass is 353 g/mol. The molecule has 20 heavy (non-hydrogen) atoms. The van der Waals surface area contributed by atoms with Gasteiger partial charge < -0.3 is 5.32 Å². The van der Waals surface area contributed by atoms with Crippen LogP contribution in [0.2, 0.25) is 0 Å². The van der Waals surface area contributed by atoms with Crippen LogP contribution in [0.15, 0.2) is 51.8 Å². The van der Waals surface area contributed by atoms with Gasteiger partial charge in [-0.3, -0.25) is 0 Å². The molecule has 2 rings (SSSR count). The molecule has 0 saturated carbocycles. The molecule has 1 unspecified atom stereocenters. The number of halogens is 2. The van der Waals surface area contributed by atoms with Gasteiger partial charge in [-0.25, -0.2) is 4.39 Å². The quantitative estimate of drug-likeness (QED) is 0.773. The molecule has 0 aliphatic heterocycles. The molecule has 0 saturated heterocycles. The van der Waals surface area contributed by atoms with E-state index in [1.54, 1.807) is 17.8 Å². The van der Waals surface area contributed by atoms with Crippen molar-refractivity contribution < 1.29 is 4.39 Å². The van der Waals surface area contributed by atoms with Crippen molar-refractivity contribution in [3.63, 3.8) is 0 Å². The number of rotatable bonds is 5. The molecule has 1 N–H and O–H groups in total. The highest BCUT2D eigenvalue weighted by Crippen LogP contribution is 2.29. The molecule has 0 amide bonds. The van der Waals surface area contributed by atoms with Gasteiger partial charge in [-0.1, -0.05) is 34.1 Å². The third kappa shape index (κ3) is 3.62. The number of nitrogens with one attached hydrogen (secondary N) is 1. The van der Waals surface area contributed by atoms with Crippen molar-refractivity contribution in [2.24, 2.45) is 0 Å². The molecule has 0 aliphatic rings. The molecule has 0 bridgehead atoms. The predicted octanol–water partition coefficient (Wildman–Crippen LogP) is 4.81. The molecular weight excluding hydrogens is 337 g/mol. The van der Waals surface area contributed by atoms with Crippen LogP contribution in [0.3, 0.4) is 0 Å². The lowest BCUT2D eigenvalue weighted by atomic mass is 9.98. The Labute approximate surface area is 132 Å². The maximum atomic E-state index is 13.9. The largest absolute Gasteiger partial charge is 0.313 e. The van der Waals surface area contributed by atoms with Gasteiger partial charge in [0.1, 0.15) is 5.82 Å². The maximum absolute atomic E-state index is 13.9. The third-order valence-electron chi connectivity index (χ3n) is 3.29. The van der Waals surface area contributed by atoms with E-state index < -0.39 is 0 Å². The van der Waals surface area contributed by atoms with E-state index in [1.807, 2.05) is 25.2 Å². The fraction of sp³-hybridized carbons (Fsp3) is 0.250. The summed E-state index contributed by atoms with van der Waals surface area (Å²) in [6, 6.07) is 13.4. The normalized spacial score (nSPS) is 12.4. The van der Waals surface area contributed by atoms with Gasteiger partial charge in [0.25, 0.3) is 0 Å². The van der Waals surface area contributed by atoms with Gasteiger partial charge in [0.2, 0.25) is 0 Å². The highest BCUT2D eigenvalue weighted by Gasteiger charge is 2.15. The van der Waals surface area contributed by atoms with Gasteiger partial charge >= 0.3 is 0 Å². The lowest BCUT2D eigenvalue weighted by Crippen LogP contribution is -2.20. The molecule has 0 spiro atoms. The fourth-order valence-corrected chi connectivity index (χ4v) is 3.31. The van der Waals surface area contributed by atoms with Gasteiger partial charge in [0, 0.05) is 15.4 Å². The second-order valence-electron chi connectivity index (χ2n) is 4.52. The Morgan fingerprint density at radius 2 is 2.00 bits per heavy atom. The number of thioether (sulfide) groups is 1. The summed E-state index contributed by atoms with van der Waals surface area (Å²) in [6.45, 7) is 0. The zero-order chi connectivity index (χ0) is 14.5. The Bertz CT molecular complexity index is 588. The second kappa shape index (κ2) is 7.25. The summed E-state index contributed by atoms with van der Waals surface area (Å²) in [5.41, 5.74) is 1.93. The molecule has 2 aromatic rings. The van der Waals surface area contributed by atoms with Crippen LogP contribution in [0.4, 0.5) is 4.39 Å². The number of hydrogen-bond donors (Lipinski definition) is 1. The Hall–Kier alpha value is -0.840. The van der Waals surface area contributed by atoms with Crippen molar-refractivity contribution in [3.8, 4) is 0 Å². The van der Waals surface area contributed by atoms with Crippen LogP contribution in [0.25, 0.3) is 0 Å². The second-order valence-corrected chi connectivity index (χ2v) is 6.29. The molecule has 1 atom stereocenters. The summed E-state index contributed by atoms with van der Waals surface area (Å²) in [5.74, 6) is -0.157. The Morgan fingerprint density at radius 3 is 2.70 bits per heavy atom. The molecule has 106 valence electrons. The van der Waals surface area contributed by atoms with Crippen molar-refractivity contribution in [2.75, 3.05) is 13.3 Å². The van der Waals surface area contributed by atoms with Gasteiger partial charge in [0.05, 0.1) is 0 Å². The Morgan fingerprint density at radius 1 is 1.25 bits per heavy atom. The molecule has 1 nitrogen and oxygen atoms in total. The zero-order valence-electron chi connectivity index (χ0n) is 11.5. The highest BCUT2D eigenvalue weighted by atomic mass is 79.9. The van der Waals surface area contributed by atoms with Crippen molar-refractivity contribution in [1.29, 1.82) is 0 Å². The highest BCUT2D eigenvalue weighted by molar-refractivity contribution is 9.10. The summed E-state index contributed by atoms with van der Waals surface area (Å²) < 4.78 is 14.8. The minimum atomic E-state index is -0.157. The minimum Gasteiger partial charge on any atom is -0.313 e. The van der Waals surface area contributed by atoms with Gasteiger partial charge in [-0.15, -0.1) is 11.8 Å². The summed E-state index contributed by atoms with van der Waals surface area (Å²) in [4.78, 5) is 1.22. The maximum Gasteiger partial charge on any atom is 0.126 e. The first-order valence-electron chi connectivity index (χ1n) is 6.39. The van der Waals surface area contributed by atoms with Crippen LogP contribution in [0.1, 0.15) is 17.2 Å². The van der Waals surface area contributed by atoms with Crippen molar-refractivity contribution >= 4 is 27.7 Å². The Balaban J connectivity index is 2.31. The van der Waals surface area contributed by atoms with Crippen molar-refractivity contribution in [3.05, 3.63) is 63.9 Å².